The third-order valence-corrected chi connectivity index (χ3v) is 4.30. The SMILES string of the molecule is CCCCCCCCCCCC(CCC)C(OC(C)=O)C(=O)O. The molecule has 1 N–H and O–H groups in total. The minimum Gasteiger partial charge on any atom is -0.478 e. The number of unbranched alkanes of at least 4 members (excludes halogenated alkanes) is 8. The highest BCUT2D eigenvalue weighted by atomic mass is 16.6. The highest BCUT2D eigenvalue weighted by Crippen LogP contribution is 2.23. The van der Waals surface area contributed by atoms with Crippen LogP contribution in [-0.4, -0.2) is 23.1 Å². The molecule has 0 bridgehead atoms. The van der Waals surface area contributed by atoms with Gasteiger partial charge in [-0.25, -0.2) is 4.79 Å². The predicted molar refractivity (Wildman–Crippen MR) is 93.4 cm³/mol. The summed E-state index contributed by atoms with van der Waals surface area (Å²) in [6.07, 6.45) is 12.8. The largest absolute Gasteiger partial charge is 0.478 e. The summed E-state index contributed by atoms with van der Waals surface area (Å²) in [6, 6.07) is 0. The van der Waals surface area contributed by atoms with E-state index in [0.717, 1.165) is 32.1 Å². The highest BCUT2D eigenvalue weighted by Gasteiger charge is 2.29. The number of rotatable bonds is 15. The molecule has 23 heavy (non-hydrogen) atoms. The van der Waals surface area contributed by atoms with Gasteiger partial charge in [0.2, 0.25) is 6.10 Å². The number of carboxylic acids is 1. The van der Waals surface area contributed by atoms with Crippen molar-refractivity contribution in [3.05, 3.63) is 0 Å². The molecule has 0 radical (unpaired) electrons. The number of hydrogen-bond donors (Lipinski definition) is 1. The number of hydrogen-bond acceptors (Lipinski definition) is 3. The van der Waals surface area contributed by atoms with E-state index in [4.69, 9.17) is 4.74 Å². The van der Waals surface area contributed by atoms with Crippen LogP contribution in [0.1, 0.15) is 97.8 Å². The molecule has 0 saturated carbocycles. The molecule has 0 aromatic heterocycles. The molecule has 0 aliphatic heterocycles. The Morgan fingerprint density at radius 3 is 1.78 bits per heavy atom. The van der Waals surface area contributed by atoms with Crippen molar-refractivity contribution in [2.45, 2.75) is 104 Å². The fourth-order valence-corrected chi connectivity index (χ4v) is 3.06. The van der Waals surface area contributed by atoms with Crippen LogP contribution in [0.2, 0.25) is 0 Å². The lowest BCUT2D eigenvalue weighted by Crippen LogP contribution is -2.34. The molecule has 2 unspecified atom stereocenters. The quantitative estimate of drug-likeness (QED) is 0.325. The van der Waals surface area contributed by atoms with Crippen LogP contribution in [0.5, 0.6) is 0 Å². The summed E-state index contributed by atoms with van der Waals surface area (Å²) in [5.74, 6) is -1.59. The van der Waals surface area contributed by atoms with Gasteiger partial charge in [-0.2, -0.15) is 0 Å². The van der Waals surface area contributed by atoms with Gasteiger partial charge in [0, 0.05) is 12.8 Å². The fourth-order valence-electron chi connectivity index (χ4n) is 3.06. The first-order chi connectivity index (χ1) is 11.0. The van der Waals surface area contributed by atoms with Crippen molar-refractivity contribution in [2.75, 3.05) is 0 Å². The van der Waals surface area contributed by atoms with Crippen molar-refractivity contribution < 1.29 is 19.4 Å². The van der Waals surface area contributed by atoms with Gasteiger partial charge in [0.15, 0.2) is 0 Å². The molecule has 4 heteroatoms. The van der Waals surface area contributed by atoms with Crippen molar-refractivity contribution >= 4 is 11.9 Å². The summed E-state index contributed by atoms with van der Waals surface area (Å²) < 4.78 is 5.02. The first-order valence-corrected chi connectivity index (χ1v) is 9.42. The second-order valence-electron chi connectivity index (χ2n) is 6.53. The Hall–Kier alpha value is -1.06. The Bertz CT molecular complexity index is 314. The van der Waals surface area contributed by atoms with E-state index in [1.807, 2.05) is 6.92 Å². The van der Waals surface area contributed by atoms with Crippen LogP contribution in [0.15, 0.2) is 0 Å². The molecule has 2 atom stereocenters. The lowest BCUT2D eigenvalue weighted by atomic mass is 9.90. The third-order valence-electron chi connectivity index (χ3n) is 4.30. The van der Waals surface area contributed by atoms with E-state index in [2.05, 4.69) is 6.92 Å². The van der Waals surface area contributed by atoms with Crippen LogP contribution in [0.4, 0.5) is 0 Å². The number of carbonyl (C=O) groups excluding carboxylic acids is 1. The first kappa shape index (κ1) is 21.9. The van der Waals surface area contributed by atoms with E-state index < -0.39 is 18.0 Å². The van der Waals surface area contributed by atoms with Crippen molar-refractivity contribution in [3.8, 4) is 0 Å². The van der Waals surface area contributed by atoms with E-state index in [1.54, 1.807) is 0 Å². The van der Waals surface area contributed by atoms with Crippen LogP contribution in [0.25, 0.3) is 0 Å². The average Bonchev–Trinajstić information content (AvgIpc) is 2.49. The molecule has 0 saturated heterocycles. The van der Waals surface area contributed by atoms with Gasteiger partial charge in [0.05, 0.1) is 0 Å². The summed E-state index contributed by atoms with van der Waals surface area (Å²) in [4.78, 5) is 22.4. The van der Waals surface area contributed by atoms with E-state index in [-0.39, 0.29) is 5.92 Å². The maximum absolute atomic E-state index is 11.3. The standard InChI is InChI=1S/C19H36O4/c1-4-6-7-8-9-10-11-12-13-15-17(14-5-2)18(19(21)22)23-16(3)20/h17-18H,4-15H2,1-3H3,(H,21,22). The van der Waals surface area contributed by atoms with Gasteiger partial charge in [-0.3, -0.25) is 4.79 Å². The minimum atomic E-state index is -1.02. The third kappa shape index (κ3) is 12.1. The van der Waals surface area contributed by atoms with Gasteiger partial charge in [-0.1, -0.05) is 78.1 Å². The second kappa shape index (κ2) is 14.5. The molecular weight excluding hydrogens is 292 g/mol. The average molecular weight is 328 g/mol. The highest BCUT2D eigenvalue weighted by molar-refractivity contribution is 5.77. The van der Waals surface area contributed by atoms with Gasteiger partial charge in [0.1, 0.15) is 0 Å². The second-order valence-corrected chi connectivity index (χ2v) is 6.53. The number of esters is 1. The fraction of sp³-hybridized carbons (Fsp3) is 0.895. The lowest BCUT2D eigenvalue weighted by Gasteiger charge is -2.23. The molecular formula is C19H36O4. The molecule has 0 rings (SSSR count). The summed E-state index contributed by atoms with van der Waals surface area (Å²) >= 11 is 0. The topological polar surface area (TPSA) is 63.6 Å². The Morgan fingerprint density at radius 2 is 1.35 bits per heavy atom. The zero-order valence-electron chi connectivity index (χ0n) is 15.3. The Labute approximate surface area is 142 Å². The van der Waals surface area contributed by atoms with Crippen molar-refractivity contribution in [2.24, 2.45) is 5.92 Å². The monoisotopic (exact) mass is 328 g/mol. The van der Waals surface area contributed by atoms with Gasteiger partial charge in [-0.05, 0) is 12.8 Å². The summed E-state index contributed by atoms with van der Waals surface area (Å²) in [5.41, 5.74) is 0. The van der Waals surface area contributed by atoms with E-state index >= 15 is 0 Å². The number of ether oxygens (including phenoxy) is 1. The van der Waals surface area contributed by atoms with Crippen molar-refractivity contribution in [1.29, 1.82) is 0 Å². The van der Waals surface area contributed by atoms with Crippen LogP contribution in [0, 0.1) is 5.92 Å². The van der Waals surface area contributed by atoms with Gasteiger partial charge < -0.3 is 9.84 Å². The predicted octanol–water partition coefficient (Wildman–Crippen LogP) is 5.34. The van der Waals surface area contributed by atoms with Crippen molar-refractivity contribution in [3.63, 3.8) is 0 Å². The Balaban J connectivity index is 3.98. The molecule has 0 spiro atoms. The van der Waals surface area contributed by atoms with Gasteiger partial charge in [0.25, 0.3) is 0 Å². The van der Waals surface area contributed by atoms with Crippen LogP contribution >= 0.6 is 0 Å². The number of carboxylic acid groups (broad SMARTS) is 1. The zero-order chi connectivity index (χ0) is 17.5. The van der Waals surface area contributed by atoms with Gasteiger partial charge in [-0.15, -0.1) is 0 Å². The van der Waals surface area contributed by atoms with E-state index in [1.165, 1.54) is 51.9 Å². The molecule has 0 aliphatic rings. The number of carbonyl (C=O) groups is 2. The summed E-state index contributed by atoms with van der Waals surface area (Å²) in [5, 5.41) is 9.29. The zero-order valence-corrected chi connectivity index (χ0v) is 15.3. The number of aliphatic carboxylic acids is 1. The van der Waals surface area contributed by atoms with Crippen LogP contribution < -0.4 is 0 Å². The Morgan fingerprint density at radius 1 is 0.826 bits per heavy atom. The molecule has 0 amide bonds. The maximum atomic E-state index is 11.3. The van der Waals surface area contributed by atoms with E-state index in [0.29, 0.717) is 0 Å². The van der Waals surface area contributed by atoms with Crippen LogP contribution in [0.3, 0.4) is 0 Å². The molecule has 0 aromatic carbocycles. The smallest absolute Gasteiger partial charge is 0.345 e. The van der Waals surface area contributed by atoms with Crippen LogP contribution in [-0.2, 0) is 14.3 Å². The molecule has 136 valence electrons. The molecule has 0 heterocycles. The molecule has 0 aromatic rings. The molecule has 0 fully saturated rings. The lowest BCUT2D eigenvalue weighted by molar-refractivity contribution is -0.166. The molecule has 4 nitrogen and oxygen atoms in total. The summed E-state index contributed by atoms with van der Waals surface area (Å²) in [7, 11) is 0. The maximum Gasteiger partial charge on any atom is 0.345 e. The van der Waals surface area contributed by atoms with E-state index in [9.17, 15) is 14.7 Å². The minimum absolute atomic E-state index is 0.0639. The molecule has 0 aliphatic carbocycles. The van der Waals surface area contributed by atoms with Crippen molar-refractivity contribution in [1.82, 2.24) is 0 Å². The van der Waals surface area contributed by atoms with Gasteiger partial charge >= 0.3 is 11.9 Å². The Kier molecular flexibility index (Phi) is 13.9. The normalized spacial score (nSPS) is 13.5. The summed E-state index contributed by atoms with van der Waals surface area (Å²) in [6.45, 7) is 5.54. The first-order valence-electron chi connectivity index (χ1n) is 9.42.